The van der Waals surface area contributed by atoms with Gasteiger partial charge in [-0.15, -0.1) is 0 Å². The van der Waals surface area contributed by atoms with Crippen LogP contribution in [0.4, 0.5) is 0 Å². The molecule has 0 saturated heterocycles. The van der Waals surface area contributed by atoms with Crippen molar-refractivity contribution in [2.75, 3.05) is 7.11 Å². The Hall–Kier alpha value is -2.17. The highest BCUT2D eigenvalue weighted by atomic mass is 16.5. The van der Waals surface area contributed by atoms with Crippen molar-refractivity contribution >= 4 is 11.8 Å². The van der Waals surface area contributed by atoms with Gasteiger partial charge >= 0.3 is 0 Å². The minimum Gasteiger partial charge on any atom is -0.481 e. The Morgan fingerprint density at radius 1 is 1.31 bits per heavy atom. The number of nitrogens with zero attached hydrogens (tertiary/aromatic N) is 2. The topological polar surface area (TPSA) is 59.5 Å². The smallest absolute Gasteiger partial charge is 0.253 e. The van der Waals surface area contributed by atoms with Gasteiger partial charge in [-0.2, -0.15) is 0 Å². The Kier molecular flexibility index (Phi) is 2.68. The van der Waals surface area contributed by atoms with E-state index in [1.54, 1.807) is 18.3 Å². The van der Waals surface area contributed by atoms with E-state index in [-0.39, 0.29) is 18.4 Å². The summed E-state index contributed by atoms with van der Waals surface area (Å²) in [5.41, 5.74) is 0.803. The summed E-state index contributed by atoms with van der Waals surface area (Å²) in [6.07, 6.45) is 4.11. The van der Waals surface area contributed by atoms with Gasteiger partial charge < -0.3 is 4.74 Å². The van der Waals surface area contributed by atoms with Gasteiger partial charge in [-0.1, -0.05) is 0 Å². The van der Waals surface area contributed by atoms with Crippen molar-refractivity contribution in [2.24, 2.45) is 0 Å². The van der Waals surface area contributed by atoms with Crippen LogP contribution >= 0.6 is 0 Å². The van der Waals surface area contributed by atoms with Gasteiger partial charge in [0.2, 0.25) is 5.88 Å². The van der Waals surface area contributed by atoms with Crippen LogP contribution < -0.4 is 4.74 Å². The van der Waals surface area contributed by atoms with Crippen molar-refractivity contribution in [1.29, 1.82) is 0 Å². The van der Waals surface area contributed by atoms with E-state index in [4.69, 9.17) is 4.74 Å². The summed E-state index contributed by atoms with van der Waals surface area (Å²) in [6.45, 7) is 0.240. The van der Waals surface area contributed by atoms with E-state index in [1.807, 2.05) is 0 Å². The lowest BCUT2D eigenvalue weighted by Gasteiger charge is -2.13. The van der Waals surface area contributed by atoms with Crippen LogP contribution in [0.25, 0.3) is 0 Å². The van der Waals surface area contributed by atoms with E-state index in [1.165, 1.54) is 19.3 Å². The van der Waals surface area contributed by atoms with Crippen LogP contribution in [0.5, 0.6) is 5.88 Å². The zero-order chi connectivity index (χ0) is 11.5. The first kappa shape index (κ1) is 10.4. The Labute approximate surface area is 92.3 Å². The Morgan fingerprint density at radius 3 is 2.62 bits per heavy atom. The third-order valence-electron chi connectivity index (χ3n) is 2.25. The highest BCUT2D eigenvalue weighted by Crippen LogP contribution is 2.13. The summed E-state index contributed by atoms with van der Waals surface area (Å²) in [5, 5.41) is 0. The van der Waals surface area contributed by atoms with Crippen molar-refractivity contribution in [3.8, 4) is 5.88 Å². The molecule has 1 aliphatic rings. The van der Waals surface area contributed by atoms with Gasteiger partial charge in [0, 0.05) is 24.4 Å². The van der Waals surface area contributed by atoms with E-state index in [0.29, 0.717) is 5.88 Å². The lowest BCUT2D eigenvalue weighted by atomic mass is 10.2. The van der Waals surface area contributed by atoms with Crippen molar-refractivity contribution in [3.05, 3.63) is 36.0 Å². The molecule has 1 aromatic heterocycles. The molecule has 0 aromatic carbocycles. The number of carbonyl (C=O) groups is 2. The van der Waals surface area contributed by atoms with Crippen LogP contribution in [0.2, 0.25) is 0 Å². The molecule has 1 aromatic rings. The van der Waals surface area contributed by atoms with Crippen LogP contribution in [-0.2, 0) is 16.1 Å². The Morgan fingerprint density at radius 2 is 2.00 bits per heavy atom. The summed E-state index contributed by atoms with van der Waals surface area (Å²) < 4.78 is 4.96. The number of carbonyl (C=O) groups excluding carboxylic acids is 2. The van der Waals surface area contributed by atoms with Gasteiger partial charge in [0.25, 0.3) is 11.8 Å². The average molecular weight is 218 g/mol. The first-order valence-electron chi connectivity index (χ1n) is 4.73. The molecule has 2 heterocycles. The molecule has 0 spiro atoms. The van der Waals surface area contributed by atoms with E-state index in [0.717, 1.165) is 10.5 Å². The number of aromatic nitrogens is 1. The van der Waals surface area contributed by atoms with E-state index in [2.05, 4.69) is 4.98 Å². The molecule has 0 unspecified atom stereocenters. The largest absolute Gasteiger partial charge is 0.481 e. The molecular weight excluding hydrogens is 208 g/mol. The third kappa shape index (κ3) is 1.93. The number of amides is 2. The molecule has 82 valence electrons. The summed E-state index contributed by atoms with van der Waals surface area (Å²) in [7, 11) is 1.51. The van der Waals surface area contributed by atoms with Gasteiger partial charge in [-0.05, 0) is 11.6 Å². The zero-order valence-electron chi connectivity index (χ0n) is 8.71. The van der Waals surface area contributed by atoms with Crippen LogP contribution in [0.1, 0.15) is 5.56 Å². The van der Waals surface area contributed by atoms with Crippen molar-refractivity contribution in [3.63, 3.8) is 0 Å². The molecule has 16 heavy (non-hydrogen) atoms. The minimum atomic E-state index is -0.291. The quantitative estimate of drug-likeness (QED) is 0.694. The predicted octanol–water partition coefficient (Wildman–Crippen LogP) is 0.515. The molecule has 0 radical (unpaired) electrons. The second-order valence-electron chi connectivity index (χ2n) is 3.30. The number of pyridine rings is 1. The zero-order valence-corrected chi connectivity index (χ0v) is 8.71. The molecule has 0 aliphatic carbocycles. The standard InChI is InChI=1S/C11H10N2O3/c1-16-9-6-8(4-5-12-9)7-13-10(14)2-3-11(13)15/h2-6H,7H2,1H3. The maximum Gasteiger partial charge on any atom is 0.253 e. The molecule has 0 saturated carbocycles. The maximum atomic E-state index is 11.3. The van der Waals surface area contributed by atoms with E-state index in [9.17, 15) is 9.59 Å². The summed E-state index contributed by atoms with van der Waals surface area (Å²) >= 11 is 0. The fourth-order valence-electron chi connectivity index (χ4n) is 1.43. The minimum absolute atomic E-state index is 0.240. The van der Waals surface area contributed by atoms with Gasteiger partial charge in [-0.25, -0.2) is 4.98 Å². The molecule has 5 heteroatoms. The fraction of sp³-hybridized carbons (Fsp3) is 0.182. The number of methoxy groups -OCH3 is 1. The Balaban J connectivity index is 2.15. The van der Waals surface area contributed by atoms with Gasteiger partial charge in [0.05, 0.1) is 13.7 Å². The average Bonchev–Trinajstić information content (AvgIpc) is 2.61. The second kappa shape index (κ2) is 4.14. The highest BCUT2D eigenvalue weighted by Gasteiger charge is 2.23. The molecule has 1 aliphatic heterocycles. The number of hydrogen-bond donors (Lipinski definition) is 0. The lowest BCUT2D eigenvalue weighted by molar-refractivity contribution is -0.137. The first-order chi connectivity index (χ1) is 7.70. The first-order valence-corrected chi connectivity index (χ1v) is 4.73. The molecule has 5 nitrogen and oxygen atoms in total. The predicted molar refractivity (Wildman–Crippen MR) is 55.5 cm³/mol. The molecule has 2 amide bonds. The normalized spacial score (nSPS) is 14.7. The molecule has 0 fully saturated rings. The second-order valence-corrected chi connectivity index (χ2v) is 3.30. The van der Waals surface area contributed by atoms with Crippen molar-refractivity contribution in [2.45, 2.75) is 6.54 Å². The molecule has 0 bridgehead atoms. The summed E-state index contributed by atoms with van der Waals surface area (Å²) in [5.74, 6) is -0.119. The van der Waals surface area contributed by atoms with Crippen molar-refractivity contribution < 1.29 is 14.3 Å². The fourth-order valence-corrected chi connectivity index (χ4v) is 1.43. The monoisotopic (exact) mass is 218 g/mol. The summed E-state index contributed by atoms with van der Waals surface area (Å²) in [6, 6.07) is 3.43. The Bertz CT molecular complexity index is 450. The van der Waals surface area contributed by atoms with E-state index >= 15 is 0 Å². The number of rotatable bonds is 3. The van der Waals surface area contributed by atoms with Gasteiger partial charge in [-0.3, -0.25) is 14.5 Å². The molecule has 2 rings (SSSR count). The SMILES string of the molecule is COc1cc(CN2C(=O)C=CC2=O)ccn1. The third-order valence-corrected chi connectivity index (χ3v) is 2.25. The van der Waals surface area contributed by atoms with Crippen LogP contribution in [0, 0.1) is 0 Å². The van der Waals surface area contributed by atoms with Crippen LogP contribution in [0.3, 0.4) is 0 Å². The van der Waals surface area contributed by atoms with Crippen LogP contribution in [-0.4, -0.2) is 28.8 Å². The molecule has 0 atom stereocenters. The number of ether oxygens (including phenoxy) is 1. The summed E-state index contributed by atoms with van der Waals surface area (Å²) in [4.78, 5) is 27.7. The van der Waals surface area contributed by atoms with E-state index < -0.39 is 0 Å². The maximum absolute atomic E-state index is 11.3. The van der Waals surface area contributed by atoms with Crippen LogP contribution in [0.15, 0.2) is 30.5 Å². The van der Waals surface area contributed by atoms with Gasteiger partial charge in [0.1, 0.15) is 0 Å². The molecular formula is C11H10N2O3. The highest BCUT2D eigenvalue weighted by molar-refractivity contribution is 6.12. The molecule has 0 N–H and O–H groups in total. The number of imide groups is 1. The van der Waals surface area contributed by atoms with Gasteiger partial charge in [0.15, 0.2) is 0 Å². The number of hydrogen-bond acceptors (Lipinski definition) is 4. The lowest BCUT2D eigenvalue weighted by Crippen LogP contribution is -2.29. The van der Waals surface area contributed by atoms with Crippen molar-refractivity contribution in [1.82, 2.24) is 9.88 Å².